The number of aryl methyl sites for hydroxylation is 1. The molecule has 0 bridgehead atoms. The zero-order valence-corrected chi connectivity index (χ0v) is 15.5. The van der Waals surface area contributed by atoms with Gasteiger partial charge in [0.1, 0.15) is 0 Å². The summed E-state index contributed by atoms with van der Waals surface area (Å²) in [6, 6.07) is 8.45. The van der Waals surface area contributed by atoms with Crippen LogP contribution in [0.25, 0.3) is 0 Å². The van der Waals surface area contributed by atoms with Crippen LogP contribution >= 0.6 is 0 Å². The third-order valence-corrected chi connectivity index (χ3v) is 5.44. The molecule has 25 heavy (non-hydrogen) atoms. The Morgan fingerprint density at radius 3 is 2.60 bits per heavy atom. The van der Waals surface area contributed by atoms with E-state index in [2.05, 4.69) is 24.3 Å². The van der Waals surface area contributed by atoms with Gasteiger partial charge in [0.25, 0.3) is 0 Å². The van der Waals surface area contributed by atoms with Crippen LogP contribution in [0.3, 0.4) is 0 Å². The number of nitrogens with zero attached hydrogens (tertiary/aromatic N) is 1. The molecule has 0 saturated carbocycles. The number of ether oxygens (including phenoxy) is 2. The molecular weight excluding hydrogens is 318 g/mol. The molecule has 0 aromatic heterocycles. The van der Waals surface area contributed by atoms with Crippen LogP contribution in [0.1, 0.15) is 51.2 Å². The number of amides is 1. The fourth-order valence-electron chi connectivity index (χ4n) is 4.19. The van der Waals surface area contributed by atoms with Crippen LogP contribution in [-0.4, -0.2) is 47.7 Å². The smallest absolute Gasteiger partial charge is 0.407 e. The minimum atomic E-state index is -0.872. The topological polar surface area (TPSA) is 59.0 Å². The van der Waals surface area contributed by atoms with E-state index in [-0.39, 0.29) is 11.7 Å². The van der Waals surface area contributed by atoms with E-state index in [4.69, 9.17) is 9.47 Å². The first-order valence-corrected chi connectivity index (χ1v) is 9.14. The predicted molar refractivity (Wildman–Crippen MR) is 95.9 cm³/mol. The first kappa shape index (κ1) is 18.2. The van der Waals surface area contributed by atoms with Crippen molar-refractivity contribution in [2.75, 3.05) is 19.8 Å². The SMILES string of the molecule is CC(C)(C)N(CC1(CC2OCCO2)CCCc2ccccc21)C(=O)O. The van der Waals surface area contributed by atoms with Gasteiger partial charge in [-0.2, -0.15) is 0 Å². The highest BCUT2D eigenvalue weighted by Gasteiger charge is 2.44. The largest absolute Gasteiger partial charge is 0.465 e. The predicted octanol–water partition coefficient (Wildman–Crippen LogP) is 3.80. The Morgan fingerprint density at radius 1 is 1.28 bits per heavy atom. The summed E-state index contributed by atoms with van der Waals surface area (Å²) in [5.41, 5.74) is 1.86. The molecule has 1 aliphatic carbocycles. The fraction of sp³-hybridized carbons (Fsp3) is 0.650. The molecule has 1 unspecified atom stereocenters. The second-order valence-corrected chi connectivity index (χ2v) is 8.21. The van der Waals surface area contributed by atoms with Crippen molar-refractivity contribution in [2.45, 2.75) is 63.7 Å². The summed E-state index contributed by atoms with van der Waals surface area (Å²) in [7, 11) is 0. The van der Waals surface area contributed by atoms with Gasteiger partial charge < -0.3 is 19.5 Å². The lowest BCUT2D eigenvalue weighted by Crippen LogP contribution is -2.53. The maximum absolute atomic E-state index is 12.0. The summed E-state index contributed by atoms with van der Waals surface area (Å²) in [5.74, 6) is 0. The highest BCUT2D eigenvalue weighted by atomic mass is 16.7. The molecule has 1 heterocycles. The van der Waals surface area contributed by atoms with Gasteiger partial charge in [0.2, 0.25) is 0 Å². The standard InChI is InChI=1S/C20H29NO4/c1-19(2,3)21(18(22)23)14-20(13-17-24-11-12-25-17)10-6-8-15-7-4-5-9-16(15)20/h4-5,7,9,17H,6,8,10-14H2,1-3H3,(H,22,23). The molecule has 1 aliphatic heterocycles. The zero-order chi connectivity index (χ0) is 18.1. The van der Waals surface area contributed by atoms with Crippen LogP contribution in [0, 0.1) is 0 Å². The van der Waals surface area contributed by atoms with Crippen molar-refractivity contribution in [3.63, 3.8) is 0 Å². The van der Waals surface area contributed by atoms with E-state index < -0.39 is 11.6 Å². The van der Waals surface area contributed by atoms with Crippen molar-refractivity contribution in [1.29, 1.82) is 0 Å². The van der Waals surface area contributed by atoms with Crippen molar-refractivity contribution < 1.29 is 19.4 Å². The van der Waals surface area contributed by atoms with Gasteiger partial charge in [-0.1, -0.05) is 24.3 Å². The average molecular weight is 347 g/mol. The van der Waals surface area contributed by atoms with Gasteiger partial charge in [-0.25, -0.2) is 4.79 Å². The number of hydrogen-bond acceptors (Lipinski definition) is 3. The summed E-state index contributed by atoms with van der Waals surface area (Å²) >= 11 is 0. The van der Waals surface area contributed by atoms with Crippen molar-refractivity contribution >= 4 is 6.09 Å². The lowest BCUT2D eigenvalue weighted by atomic mass is 9.67. The van der Waals surface area contributed by atoms with E-state index in [1.807, 2.05) is 20.8 Å². The Morgan fingerprint density at radius 2 is 1.96 bits per heavy atom. The van der Waals surface area contributed by atoms with E-state index in [0.717, 1.165) is 19.3 Å². The van der Waals surface area contributed by atoms with Crippen LogP contribution in [-0.2, 0) is 21.3 Å². The van der Waals surface area contributed by atoms with Gasteiger partial charge in [-0.3, -0.25) is 0 Å². The normalized spacial score (nSPS) is 24.1. The number of hydrogen-bond donors (Lipinski definition) is 1. The molecular formula is C20H29NO4. The fourth-order valence-corrected chi connectivity index (χ4v) is 4.19. The first-order chi connectivity index (χ1) is 11.8. The van der Waals surface area contributed by atoms with Crippen molar-refractivity contribution in [1.82, 2.24) is 4.90 Å². The van der Waals surface area contributed by atoms with Gasteiger partial charge in [0.05, 0.1) is 13.2 Å². The number of fused-ring (bicyclic) bond motifs is 1. The van der Waals surface area contributed by atoms with Gasteiger partial charge in [-0.15, -0.1) is 0 Å². The van der Waals surface area contributed by atoms with Crippen LogP contribution in [0.5, 0.6) is 0 Å². The summed E-state index contributed by atoms with van der Waals surface area (Å²) < 4.78 is 11.5. The third kappa shape index (κ3) is 3.82. The molecule has 1 aromatic rings. The quantitative estimate of drug-likeness (QED) is 0.900. The van der Waals surface area contributed by atoms with E-state index >= 15 is 0 Å². The second-order valence-electron chi connectivity index (χ2n) is 8.21. The molecule has 2 aliphatic rings. The van der Waals surface area contributed by atoms with Crippen LogP contribution in [0.15, 0.2) is 24.3 Å². The minimum absolute atomic E-state index is 0.248. The molecule has 1 atom stereocenters. The molecule has 1 fully saturated rings. The van der Waals surface area contributed by atoms with Crippen LogP contribution in [0.4, 0.5) is 4.79 Å². The van der Waals surface area contributed by atoms with Crippen LogP contribution in [0.2, 0.25) is 0 Å². The molecule has 1 saturated heterocycles. The van der Waals surface area contributed by atoms with Crippen molar-refractivity contribution in [2.24, 2.45) is 0 Å². The number of carbonyl (C=O) groups is 1. The summed E-state index contributed by atoms with van der Waals surface area (Å²) in [6.45, 7) is 7.55. The van der Waals surface area contributed by atoms with Crippen LogP contribution < -0.4 is 0 Å². The molecule has 1 N–H and O–H groups in total. The summed E-state index contributed by atoms with van der Waals surface area (Å²) in [4.78, 5) is 13.5. The molecule has 1 aromatic carbocycles. The zero-order valence-electron chi connectivity index (χ0n) is 15.5. The Kier molecular flexibility index (Phi) is 5.07. The summed E-state index contributed by atoms with van der Waals surface area (Å²) in [6.07, 6.45) is 2.63. The summed E-state index contributed by atoms with van der Waals surface area (Å²) in [5, 5.41) is 9.83. The molecule has 5 nitrogen and oxygen atoms in total. The molecule has 5 heteroatoms. The first-order valence-electron chi connectivity index (χ1n) is 9.14. The highest BCUT2D eigenvalue weighted by Crippen LogP contribution is 2.43. The minimum Gasteiger partial charge on any atom is -0.465 e. The molecule has 3 rings (SSSR count). The lowest BCUT2D eigenvalue weighted by Gasteiger charge is -2.46. The van der Waals surface area contributed by atoms with E-state index in [1.165, 1.54) is 11.1 Å². The van der Waals surface area contributed by atoms with Crippen molar-refractivity contribution in [3.8, 4) is 0 Å². The molecule has 0 radical (unpaired) electrons. The lowest BCUT2D eigenvalue weighted by molar-refractivity contribution is -0.0684. The van der Waals surface area contributed by atoms with E-state index in [0.29, 0.717) is 26.2 Å². The van der Waals surface area contributed by atoms with Gasteiger partial charge in [0, 0.05) is 23.9 Å². The Bertz CT molecular complexity index is 618. The Hall–Kier alpha value is -1.59. The number of carboxylic acid groups (broad SMARTS) is 1. The van der Waals surface area contributed by atoms with E-state index in [9.17, 15) is 9.90 Å². The maximum Gasteiger partial charge on any atom is 0.407 e. The van der Waals surface area contributed by atoms with Gasteiger partial charge in [-0.05, 0) is 51.2 Å². The number of rotatable bonds is 4. The highest BCUT2D eigenvalue weighted by molar-refractivity contribution is 5.66. The molecule has 1 amide bonds. The molecule has 0 spiro atoms. The monoisotopic (exact) mass is 347 g/mol. The molecule has 138 valence electrons. The van der Waals surface area contributed by atoms with Crippen molar-refractivity contribution in [3.05, 3.63) is 35.4 Å². The maximum atomic E-state index is 12.0. The second kappa shape index (κ2) is 6.96. The van der Waals surface area contributed by atoms with Gasteiger partial charge in [0.15, 0.2) is 6.29 Å². The third-order valence-electron chi connectivity index (χ3n) is 5.44. The van der Waals surface area contributed by atoms with Gasteiger partial charge >= 0.3 is 6.09 Å². The Balaban J connectivity index is 1.99. The Labute approximate surface area is 149 Å². The average Bonchev–Trinajstić information content (AvgIpc) is 3.04. The number of benzene rings is 1. The van der Waals surface area contributed by atoms with E-state index in [1.54, 1.807) is 4.90 Å².